The molecule has 0 spiro atoms. The Morgan fingerprint density at radius 2 is 1.06 bits per heavy atom. The third kappa shape index (κ3) is 34.5. The number of allylic oxidation sites excluding steroid dienone is 10. The first kappa shape index (κ1) is 50.0. The van der Waals surface area contributed by atoms with Crippen molar-refractivity contribution in [3.63, 3.8) is 0 Å². The van der Waals surface area contributed by atoms with E-state index in [9.17, 15) is 19.5 Å². The summed E-state index contributed by atoms with van der Waals surface area (Å²) < 4.78 is 17.2. The number of ether oxygens (including phenoxy) is 3. The van der Waals surface area contributed by atoms with Gasteiger partial charge in [-0.05, 0) is 77.0 Å². The Labute approximate surface area is 324 Å². The van der Waals surface area contributed by atoms with Crippen LogP contribution in [0.15, 0.2) is 60.8 Å². The predicted molar refractivity (Wildman–Crippen MR) is 220 cm³/mol. The van der Waals surface area contributed by atoms with Gasteiger partial charge in [-0.3, -0.25) is 9.59 Å². The summed E-state index contributed by atoms with van der Waals surface area (Å²) in [6.45, 7) is 4.53. The minimum Gasteiger partial charge on any atom is -0.477 e. The summed E-state index contributed by atoms with van der Waals surface area (Å²) in [6.07, 6.45) is 42.7. The topological polar surface area (TPSA) is 99.1 Å². The summed E-state index contributed by atoms with van der Waals surface area (Å²) in [6, 6.07) is -0.623. The fourth-order valence-corrected chi connectivity index (χ4v) is 5.66. The van der Waals surface area contributed by atoms with Crippen LogP contribution >= 0.6 is 0 Å². The zero-order valence-electron chi connectivity index (χ0n) is 34.4. The molecule has 0 aromatic rings. The minimum atomic E-state index is -0.884. The van der Waals surface area contributed by atoms with Crippen LogP contribution in [0.2, 0.25) is 0 Å². The van der Waals surface area contributed by atoms with Crippen LogP contribution in [0.3, 0.4) is 0 Å². The van der Waals surface area contributed by atoms with E-state index in [1.807, 2.05) is 21.1 Å². The molecule has 2 atom stereocenters. The molecule has 1 N–H and O–H groups in total. The molecule has 0 saturated heterocycles. The molecule has 2 unspecified atom stereocenters. The molecule has 304 valence electrons. The number of aliphatic carboxylic acids is 1. The highest BCUT2D eigenvalue weighted by molar-refractivity contribution is 5.72. The second-order valence-electron chi connectivity index (χ2n) is 14.9. The van der Waals surface area contributed by atoms with E-state index in [1.54, 1.807) is 0 Å². The van der Waals surface area contributed by atoms with Crippen molar-refractivity contribution in [1.29, 1.82) is 0 Å². The van der Waals surface area contributed by atoms with Gasteiger partial charge in [0.1, 0.15) is 6.61 Å². The number of hydrogen-bond acceptors (Lipinski definition) is 6. The number of rotatable bonds is 36. The van der Waals surface area contributed by atoms with E-state index in [4.69, 9.17) is 14.2 Å². The highest BCUT2D eigenvalue weighted by Gasteiger charge is 2.31. The molecule has 0 aromatic carbocycles. The number of carbonyl (C=O) groups excluding carboxylic acids is 2. The largest absolute Gasteiger partial charge is 0.477 e. The zero-order chi connectivity index (χ0) is 39.3. The van der Waals surface area contributed by atoms with Crippen molar-refractivity contribution >= 4 is 17.9 Å². The van der Waals surface area contributed by atoms with Crippen molar-refractivity contribution in [2.75, 3.05) is 41.0 Å². The molecule has 0 radical (unpaired) electrons. The number of hydrogen-bond donors (Lipinski definition) is 1. The number of unbranched alkanes of at least 4 members (excludes halogenated alkanes) is 12. The molecule has 0 aliphatic heterocycles. The number of quaternary nitrogens is 1. The maximum absolute atomic E-state index is 12.7. The van der Waals surface area contributed by atoms with Gasteiger partial charge in [0.05, 0.1) is 34.4 Å². The Morgan fingerprint density at radius 3 is 1.60 bits per heavy atom. The molecular formula is C45H78NO7+. The van der Waals surface area contributed by atoms with Crippen LogP contribution in [0.4, 0.5) is 0 Å². The monoisotopic (exact) mass is 745 g/mol. The third-order valence-corrected chi connectivity index (χ3v) is 8.90. The molecule has 0 aliphatic rings. The molecule has 0 heterocycles. The molecule has 0 amide bonds. The van der Waals surface area contributed by atoms with Crippen LogP contribution in [0.1, 0.15) is 155 Å². The van der Waals surface area contributed by atoms with E-state index in [2.05, 4.69) is 74.6 Å². The Kier molecular flexibility index (Phi) is 34.0. The quantitative estimate of drug-likeness (QED) is 0.0295. The van der Waals surface area contributed by atoms with Crippen molar-refractivity contribution in [2.45, 2.75) is 167 Å². The first-order valence-electron chi connectivity index (χ1n) is 20.8. The first-order valence-corrected chi connectivity index (χ1v) is 20.8. The summed E-state index contributed by atoms with van der Waals surface area (Å²) in [4.78, 5) is 36.9. The van der Waals surface area contributed by atoms with E-state index in [1.165, 1.54) is 51.4 Å². The SMILES string of the molecule is CC/C=C/C/C=C/C/C=C/CCCCC(=O)OCC(COCCC(C(=O)O)[N+](C)(C)C)OC(=O)CCCCCCCCC/C=C/C/C=C/CCCCC. The van der Waals surface area contributed by atoms with E-state index in [-0.39, 0.29) is 36.2 Å². The number of carbonyl (C=O) groups is 3. The Balaban J connectivity index is 4.43. The number of nitrogens with zero attached hydrogens (tertiary/aromatic N) is 1. The zero-order valence-corrected chi connectivity index (χ0v) is 34.4. The highest BCUT2D eigenvalue weighted by Crippen LogP contribution is 2.13. The van der Waals surface area contributed by atoms with Crippen molar-refractivity contribution < 1.29 is 38.2 Å². The normalized spacial score (nSPS) is 13.6. The fourth-order valence-electron chi connectivity index (χ4n) is 5.66. The summed E-state index contributed by atoms with van der Waals surface area (Å²) in [7, 11) is 5.50. The fraction of sp³-hybridized carbons (Fsp3) is 0.711. The number of carboxylic acids is 1. The second kappa shape index (κ2) is 36.0. The van der Waals surface area contributed by atoms with Crippen LogP contribution in [0.5, 0.6) is 0 Å². The van der Waals surface area contributed by atoms with Gasteiger partial charge in [0.2, 0.25) is 0 Å². The van der Waals surface area contributed by atoms with Crippen molar-refractivity contribution in [3.05, 3.63) is 60.8 Å². The summed E-state index contributed by atoms with van der Waals surface area (Å²) in [5, 5.41) is 9.60. The van der Waals surface area contributed by atoms with Crippen molar-refractivity contribution in [2.24, 2.45) is 0 Å². The molecular weight excluding hydrogens is 666 g/mol. The number of esters is 2. The lowest BCUT2D eigenvalue weighted by molar-refractivity contribution is -0.887. The second-order valence-corrected chi connectivity index (χ2v) is 14.9. The van der Waals surface area contributed by atoms with E-state index < -0.39 is 18.1 Å². The van der Waals surface area contributed by atoms with Crippen LogP contribution < -0.4 is 0 Å². The lowest BCUT2D eigenvalue weighted by atomic mass is 10.1. The predicted octanol–water partition coefficient (Wildman–Crippen LogP) is 11.0. The smallest absolute Gasteiger partial charge is 0.362 e. The lowest BCUT2D eigenvalue weighted by Gasteiger charge is -2.31. The van der Waals surface area contributed by atoms with E-state index in [0.29, 0.717) is 19.3 Å². The maximum atomic E-state index is 12.7. The van der Waals surface area contributed by atoms with E-state index >= 15 is 0 Å². The van der Waals surface area contributed by atoms with Gasteiger partial charge in [0.25, 0.3) is 0 Å². The molecule has 8 heteroatoms. The Hall–Kier alpha value is -2.97. The Morgan fingerprint density at radius 1 is 0.585 bits per heavy atom. The number of carboxylic acid groups (broad SMARTS) is 1. The van der Waals surface area contributed by atoms with E-state index in [0.717, 1.165) is 70.6 Å². The molecule has 0 aromatic heterocycles. The summed E-state index contributed by atoms with van der Waals surface area (Å²) in [5.74, 6) is -1.54. The highest BCUT2D eigenvalue weighted by atomic mass is 16.6. The maximum Gasteiger partial charge on any atom is 0.362 e. The molecule has 0 bridgehead atoms. The molecule has 8 nitrogen and oxygen atoms in total. The number of likely N-dealkylation sites (N-methyl/N-ethyl adjacent to an activating group) is 1. The van der Waals surface area contributed by atoms with Gasteiger partial charge >= 0.3 is 17.9 Å². The average Bonchev–Trinajstić information content (AvgIpc) is 3.11. The van der Waals surface area contributed by atoms with Crippen LogP contribution in [-0.2, 0) is 28.6 Å². The van der Waals surface area contributed by atoms with Gasteiger partial charge < -0.3 is 23.8 Å². The minimum absolute atomic E-state index is 0.0432. The van der Waals surface area contributed by atoms with Crippen LogP contribution in [-0.4, -0.2) is 80.6 Å². The van der Waals surface area contributed by atoms with Gasteiger partial charge in [-0.2, -0.15) is 0 Å². The van der Waals surface area contributed by atoms with Crippen LogP contribution in [0.25, 0.3) is 0 Å². The standard InChI is InChI=1S/C45H77NO7/c1-6-8-10-12-14-16-18-20-21-22-23-24-26-28-30-32-34-36-44(48)53-41(39-51-38-37-42(45(49)50)46(3,4)5)40-52-43(47)35-33-31-29-27-25-19-17-15-13-11-9-7-2/h9,11,14-17,20-21,25,27,41-42H,6-8,10,12-13,18-19,22-24,26,28-40H2,1-5H3/p+1/b11-9+,16-14+,17-15+,21-20+,27-25+. The van der Waals surface area contributed by atoms with Gasteiger partial charge in [0.15, 0.2) is 12.1 Å². The van der Waals surface area contributed by atoms with Crippen molar-refractivity contribution in [1.82, 2.24) is 0 Å². The Bertz CT molecular complexity index is 1050. The van der Waals surface area contributed by atoms with Crippen LogP contribution in [0, 0.1) is 0 Å². The molecule has 0 saturated carbocycles. The summed E-state index contributed by atoms with van der Waals surface area (Å²) in [5.41, 5.74) is 0. The van der Waals surface area contributed by atoms with Gasteiger partial charge in [-0.1, -0.05) is 120 Å². The average molecular weight is 745 g/mol. The lowest BCUT2D eigenvalue weighted by Crippen LogP contribution is -2.50. The van der Waals surface area contributed by atoms with Crippen molar-refractivity contribution in [3.8, 4) is 0 Å². The molecule has 53 heavy (non-hydrogen) atoms. The molecule has 0 fully saturated rings. The third-order valence-electron chi connectivity index (χ3n) is 8.90. The van der Waals surface area contributed by atoms with Gasteiger partial charge in [-0.15, -0.1) is 0 Å². The first-order chi connectivity index (χ1) is 25.6. The molecule has 0 rings (SSSR count). The summed E-state index contributed by atoms with van der Waals surface area (Å²) >= 11 is 0. The molecule has 0 aliphatic carbocycles. The van der Waals surface area contributed by atoms with Gasteiger partial charge in [-0.25, -0.2) is 4.79 Å². The van der Waals surface area contributed by atoms with Gasteiger partial charge in [0, 0.05) is 19.3 Å².